The molecule has 0 aliphatic carbocycles. The van der Waals surface area contributed by atoms with Crippen LogP contribution in [0.1, 0.15) is 30.5 Å². The lowest BCUT2D eigenvalue weighted by atomic mass is 10.0. The van der Waals surface area contributed by atoms with Gasteiger partial charge >= 0.3 is 0 Å². The van der Waals surface area contributed by atoms with Gasteiger partial charge in [-0.25, -0.2) is 8.42 Å². The Balaban J connectivity index is 1.91. The van der Waals surface area contributed by atoms with E-state index in [2.05, 4.69) is 10.3 Å². The van der Waals surface area contributed by atoms with Crippen LogP contribution in [0.3, 0.4) is 0 Å². The normalized spacial score (nSPS) is 15.7. The number of rotatable bonds is 4. The summed E-state index contributed by atoms with van der Waals surface area (Å²) in [4.78, 5) is 15.7. The molecule has 0 unspecified atom stereocenters. The van der Waals surface area contributed by atoms with Crippen LogP contribution >= 0.6 is 0 Å². The Hall–Kier alpha value is -2.25. The molecule has 3 rings (SSSR count). The van der Waals surface area contributed by atoms with E-state index in [1.165, 1.54) is 10.4 Å². The lowest BCUT2D eigenvalue weighted by Gasteiger charge is -2.25. The number of aromatic nitrogens is 1. The van der Waals surface area contributed by atoms with Crippen LogP contribution in [0.25, 0.3) is 0 Å². The smallest absolute Gasteiger partial charge is 0.243 e. The van der Waals surface area contributed by atoms with Gasteiger partial charge in [0, 0.05) is 37.6 Å². The molecule has 2 heterocycles. The second-order valence-electron chi connectivity index (χ2n) is 5.85. The molecule has 1 aliphatic heterocycles. The van der Waals surface area contributed by atoms with Crippen molar-refractivity contribution < 1.29 is 13.2 Å². The van der Waals surface area contributed by atoms with E-state index in [1.807, 2.05) is 13.0 Å². The summed E-state index contributed by atoms with van der Waals surface area (Å²) in [7, 11) is -2.08. The average Bonchev–Trinajstić information content (AvgIpc) is 2.60. The maximum atomic E-state index is 12.9. The maximum absolute atomic E-state index is 12.9. The van der Waals surface area contributed by atoms with Gasteiger partial charge in [0.1, 0.15) is 0 Å². The first kappa shape index (κ1) is 16.6. The Morgan fingerprint density at radius 1 is 1.25 bits per heavy atom. The number of anilines is 1. The van der Waals surface area contributed by atoms with Crippen molar-refractivity contribution in [3.05, 3.63) is 53.9 Å². The second-order valence-corrected chi connectivity index (χ2v) is 7.85. The van der Waals surface area contributed by atoms with Crippen molar-refractivity contribution in [2.45, 2.75) is 30.7 Å². The van der Waals surface area contributed by atoms with E-state index >= 15 is 0 Å². The van der Waals surface area contributed by atoms with E-state index < -0.39 is 10.0 Å². The number of carbonyl (C=O) groups excluding carboxylic acids is 1. The van der Waals surface area contributed by atoms with Crippen molar-refractivity contribution in [2.24, 2.45) is 0 Å². The highest BCUT2D eigenvalue weighted by atomic mass is 32.2. The standard InChI is InChI=1S/C17H19N3O3S/c1-12(14-4-3-9-18-11-14)20(2)24(22,23)15-6-7-16-13(10-15)5-8-17(21)19-16/h3-4,6-7,9-12H,5,8H2,1-2H3,(H,19,21)/t12-/m0/s1. The zero-order chi connectivity index (χ0) is 17.3. The Bertz CT molecular complexity index is 866. The third-order valence-corrected chi connectivity index (χ3v) is 6.29. The monoisotopic (exact) mass is 345 g/mol. The lowest BCUT2D eigenvalue weighted by Crippen LogP contribution is -2.30. The molecule has 24 heavy (non-hydrogen) atoms. The van der Waals surface area contributed by atoms with Crippen LogP contribution in [0, 0.1) is 0 Å². The number of amides is 1. The maximum Gasteiger partial charge on any atom is 0.243 e. The highest BCUT2D eigenvalue weighted by Crippen LogP contribution is 2.29. The van der Waals surface area contributed by atoms with Crippen molar-refractivity contribution in [2.75, 3.05) is 12.4 Å². The highest BCUT2D eigenvalue weighted by molar-refractivity contribution is 7.89. The Morgan fingerprint density at radius 3 is 2.75 bits per heavy atom. The summed E-state index contributed by atoms with van der Waals surface area (Å²) < 4.78 is 27.2. The quantitative estimate of drug-likeness (QED) is 0.922. The zero-order valence-electron chi connectivity index (χ0n) is 13.6. The minimum Gasteiger partial charge on any atom is -0.326 e. The van der Waals surface area contributed by atoms with E-state index in [0.29, 0.717) is 18.5 Å². The number of carbonyl (C=O) groups is 1. The summed E-state index contributed by atoms with van der Waals surface area (Å²) in [6.07, 6.45) is 4.24. The molecular formula is C17H19N3O3S. The van der Waals surface area contributed by atoms with E-state index in [1.54, 1.807) is 37.6 Å². The van der Waals surface area contributed by atoms with Gasteiger partial charge in [0.2, 0.25) is 15.9 Å². The number of nitrogens with zero attached hydrogens (tertiary/aromatic N) is 2. The molecule has 1 amide bonds. The number of nitrogens with one attached hydrogen (secondary N) is 1. The molecule has 2 aromatic rings. The molecule has 1 aliphatic rings. The van der Waals surface area contributed by atoms with E-state index in [0.717, 1.165) is 11.1 Å². The zero-order valence-corrected chi connectivity index (χ0v) is 14.4. The fourth-order valence-electron chi connectivity index (χ4n) is 2.73. The molecule has 0 spiro atoms. The van der Waals surface area contributed by atoms with Gasteiger partial charge in [0.15, 0.2) is 0 Å². The fourth-order valence-corrected chi connectivity index (χ4v) is 4.13. The summed E-state index contributed by atoms with van der Waals surface area (Å²) in [6, 6.07) is 8.14. The molecule has 1 atom stereocenters. The third kappa shape index (κ3) is 3.05. The molecular weight excluding hydrogens is 326 g/mol. The van der Waals surface area contributed by atoms with Gasteiger partial charge in [-0.15, -0.1) is 0 Å². The number of fused-ring (bicyclic) bond motifs is 1. The summed E-state index contributed by atoms with van der Waals surface area (Å²) in [5.41, 5.74) is 2.36. The number of benzene rings is 1. The number of hydrogen-bond acceptors (Lipinski definition) is 4. The molecule has 0 radical (unpaired) electrons. The molecule has 0 saturated carbocycles. The van der Waals surface area contributed by atoms with Gasteiger partial charge in [-0.2, -0.15) is 4.31 Å². The lowest BCUT2D eigenvalue weighted by molar-refractivity contribution is -0.116. The van der Waals surface area contributed by atoms with Gasteiger partial charge in [0.05, 0.1) is 4.90 Å². The highest BCUT2D eigenvalue weighted by Gasteiger charge is 2.27. The summed E-state index contributed by atoms with van der Waals surface area (Å²) in [5.74, 6) is -0.0413. The molecule has 0 fully saturated rings. The minimum atomic E-state index is -3.64. The average molecular weight is 345 g/mol. The van der Waals surface area contributed by atoms with Crippen LogP contribution in [-0.4, -0.2) is 30.7 Å². The van der Waals surface area contributed by atoms with Crippen LogP contribution in [0.2, 0.25) is 0 Å². The fraction of sp³-hybridized carbons (Fsp3) is 0.294. The molecule has 0 saturated heterocycles. The van der Waals surface area contributed by atoms with Crippen molar-refractivity contribution in [3.63, 3.8) is 0 Å². The second kappa shape index (κ2) is 6.33. The summed E-state index contributed by atoms with van der Waals surface area (Å²) >= 11 is 0. The van der Waals surface area contributed by atoms with E-state index in [4.69, 9.17) is 0 Å². The minimum absolute atomic E-state index is 0.0413. The van der Waals surface area contributed by atoms with Gasteiger partial charge in [0.25, 0.3) is 0 Å². The first-order chi connectivity index (χ1) is 11.4. The van der Waals surface area contributed by atoms with Gasteiger partial charge < -0.3 is 5.32 Å². The molecule has 126 valence electrons. The first-order valence-corrected chi connectivity index (χ1v) is 9.14. The molecule has 6 nitrogen and oxygen atoms in total. The van der Waals surface area contributed by atoms with Crippen LogP contribution in [-0.2, 0) is 21.2 Å². The molecule has 7 heteroatoms. The largest absolute Gasteiger partial charge is 0.326 e. The Kier molecular flexibility index (Phi) is 4.38. The Labute approximate surface area is 141 Å². The predicted molar refractivity (Wildman–Crippen MR) is 91.0 cm³/mol. The number of pyridine rings is 1. The molecule has 0 bridgehead atoms. The SMILES string of the molecule is C[C@@H](c1cccnc1)N(C)S(=O)(=O)c1ccc2c(c1)CCC(=O)N2. The van der Waals surface area contributed by atoms with Crippen LogP contribution in [0.5, 0.6) is 0 Å². The van der Waals surface area contributed by atoms with Crippen LogP contribution < -0.4 is 5.32 Å². The van der Waals surface area contributed by atoms with Gasteiger partial charge in [-0.3, -0.25) is 9.78 Å². The molecule has 1 aromatic heterocycles. The third-order valence-electron chi connectivity index (χ3n) is 4.36. The first-order valence-electron chi connectivity index (χ1n) is 7.70. The van der Waals surface area contributed by atoms with Crippen LogP contribution in [0.4, 0.5) is 5.69 Å². The van der Waals surface area contributed by atoms with Gasteiger partial charge in [-0.05, 0) is 48.7 Å². The Morgan fingerprint density at radius 2 is 2.04 bits per heavy atom. The molecule has 1 aromatic carbocycles. The number of hydrogen-bond donors (Lipinski definition) is 1. The van der Waals surface area contributed by atoms with Gasteiger partial charge in [-0.1, -0.05) is 6.07 Å². The van der Waals surface area contributed by atoms with E-state index in [-0.39, 0.29) is 16.8 Å². The summed E-state index contributed by atoms with van der Waals surface area (Å²) in [6.45, 7) is 1.83. The predicted octanol–water partition coefficient (Wildman–Crippen LogP) is 2.35. The van der Waals surface area contributed by atoms with Crippen LogP contribution in [0.15, 0.2) is 47.6 Å². The number of sulfonamides is 1. The van der Waals surface area contributed by atoms with Crippen molar-refractivity contribution >= 4 is 21.6 Å². The van der Waals surface area contributed by atoms with Crippen molar-refractivity contribution in [3.8, 4) is 0 Å². The molecule has 1 N–H and O–H groups in total. The summed E-state index contributed by atoms with van der Waals surface area (Å²) in [5, 5.41) is 2.76. The van der Waals surface area contributed by atoms with Crippen molar-refractivity contribution in [1.82, 2.24) is 9.29 Å². The number of aryl methyl sites for hydroxylation is 1. The van der Waals surface area contributed by atoms with E-state index in [9.17, 15) is 13.2 Å². The van der Waals surface area contributed by atoms with Crippen molar-refractivity contribution in [1.29, 1.82) is 0 Å². The topological polar surface area (TPSA) is 79.4 Å².